The van der Waals surface area contributed by atoms with E-state index >= 15 is 0 Å². The number of hydrogen-bond donors (Lipinski definition) is 2. The minimum Gasteiger partial charge on any atom is -0.298 e. The largest absolute Gasteiger partial charge is 0.358 e. The van der Waals surface area contributed by atoms with Gasteiger partial charge in [-0.1, -0.05) is 4.47 Å². The van der Waals surface area contributed by atoms with Crippen molar-refractivity contribution in [3.63, 3.8) is 0 Å². The van der Waals surface area contributed by atoms with Gasteiger partial charge < -0.3 is 0 Å². The first-order valence-electron chi connectivity index (χ1n) is 1.92. The van der Waals surface area contributed by atoms with Gasteiger partial charge in [0.1, 0.15) is 0 Å². The summed E-state index contributed by atoms with van der Waals surface area (Å²) in [5.41, 5.74) is 0. The van der Waals surface area contributed by atoms with Crippen molar-refractivity contribution in [2.24, 2.45) is 0 Å². The molecule has 0 fully saturated rings. The molecule has 6 heteroatoms. The zero-order valence-corrected chi connectivity index (χ0v) is 5.09. The Labute approximate surface area is 47.4 Å². The lowest BCUT2D eigenvalue weighted by atomic mass is 10.8. The van der Waals surface area contributed by atoms with E-state index in [4.69, 9.17) is 9.76 Å². The summed E-state index contributed by atoms with van der Waals surface area (Å²) in [7, 11) is -4.36. The van der Waals surface area contributed by atoms with Gasteiger partial charge in [-0.25, -0.2) is 0 Å². The molecule has 50 valence electrons. The first-order chi connectivity index (χ1) is 3.48. The van der Waals surface area contributed by atoms with Crippen LogP contribution in [-0.2, 0) is 10.3 Å². The van der Waals surface area contributed by atoms with Crippen LogP contribution in [0.2, 0.25) is 0 Å². The number of rotatable bonds is 2. The van der Waals surface area contributed by atoms with E-state index in [2.05, 4.69) is 0 Å². The van der Waals surface area contributed by atoms with Crippen LogP contribution < -0.4 is 0 Å². The smallest absolute Gasteiger partial charge is 0.298 e. The van der Waals surface area contributed by atoms with E-state index in [0.717, 1.165) is 0 Å². The number of hydrogen-bond acceptors (Lipinski definition) is 3. The highest BCUT2D eigenvalue weighted by Crippen LogP contribution is 1.87. The fourth-order valence-corrected chi connectivity index (χ4v) is 0.489. The highest BCUT2D eigenvalue weighted by molar-refractivity contribution is 7.83. The molecule has 0 aliphatic carbocycles. The molecule has 0 spiro atoms. The van der Waals surface area contributed by atoms with Gasteiger partial charge in [-0.3, -0.25) is 9.76 Å². The molecule has 0 aromatic rings. The van der Waals surface area contributed by atoms with Crippen molar-refractivity contribution in [3.05, 3.63) is 0 Å². The molecule has 0 aromatic carbocycles. The fourth-order valence-electron chi connectivity index (χ4n) is 0.163. The van der Waals surface area contributed by atoms with Crippen LogP contribution in [0.1, 0.15) is 6.92 Å². The molecule has 0 saturated heterocycles. The van der Waals surface area contributed by atoms with E-state index in [1.807, 2.05) is 0 Å². The molecule has 0 saturated carbocycles. The molecule has 0 aliphatic rings. The zero-order chi connectivity index (χ0) is 6.78. The van der Waals surface area contributed by atoms with Crippen LogP contribution in [0, 0.1) is 0 Å². The number of nitrogens with zero attached hydrogens (tertiary/aromatic N) is 1. The Balaban J connectivity index is 4.04. The first-order valence-corrected chi connectivity index (χ1v) is 3.32. The van der Waals surface area contributed by atoms with Crippen LogP contribution in [0.5, 0.6) is 0 Å². The molecule has 0 amide bonds. The van der Waals surface area contributed by atoms with Crippen LogP contribution in [0.3, 0.4) is 0 Å². The molecule has 5 nitrogen and oxygen atoms in total. The maximum absolute atomic E-state index is 9.79. The summed E-state index contributed by atoms with van der Waals surface area (Å²) in [5.74, 6) is 0. The summed E-state index contributed by atoms with van der Waals surface area (Å²) >= 11 is 0. The third kappa shape index (κ3) is 2.22. The second-order valence-electron chi connectivity index (χ2n) is 1.12. The molecule has 0 aromatic heterocycles. The Hall–Kier alpha value is -0.170. The van der Waals surface area contributed by atoms with Crippen LogP contribution in [0.4, 0.5) is 0 Å². The fraction of sp³-hybridized carbons (Fsp3) is 1.00. The lowest BCUT2D eigenvalue weighted by Gasteiger charge is -2.04. The summed E-state index contributed by atoms with van der Waals surface area (Å²) in [6.45, 7) is 1.23. The molecule has 2 N–H and O–H groups in total. The molecule has 0 unspecified atom stereocenters. The Morgan fingerprint density at radius 3 is 2.00 bits per heavy atom. The van der Waals surface area contributed by atoms with Crippen molar-refractivity contribution in [1.82, 2.24) is 4.47 Å². The number of hydroxylamine groups is 1. The molecular weight excluding hydrogens is 134 g/mol. The van der Waals surface area contributed by atoms with Gasteiger partial charge in [0.2, 0.25) is 0 Å². The van der Waals surface area contributed by atoms with Crippen molar-refractivity contribution < 1.29 is 18.2 Å². The summed E-state index contributed by atoms with van der Waals surface area (Å²) in [5, 5.41) is 8.19. The van der Waals surface area contributed by atoms with Crippen LogP contribution in [-0.4, -0.2) is 29.2 Å². The van der Waals surface area contributed by atoms with E-state index in [-0.39, 0.29) is 11.0 Å². The zero-order valence-electron chi connectivity index (χ0n) is 4.27. The maximum atomic E-state index is 9.79. The minimum absolute atomic E-state index is 0.154. The van der Waals surface area contributed by atoms with E-state index < -0.39 is 10.3 Å². The highest BCUT2D eigenvalue weighted by Gasteiger charge is 2.11. The van der Waals surface area contributed by atoms with Crippen molar-refractivity contribution in [2.45, 2.75) is 6.92 Å². The standard InChI is InChI=1S/C2H7NO4S/c1-2-3(4)8(5,6)7/h4H,2H2,1H3,(H,5,6,7). The predicted octanol–water partition coefficient (Wildman–Crippen LogP) is -0.500. The van der Waals surface area contributed by atoms with Gasteiger partial charge in [-0.2, -0.15) is 8.42 Å². The molecule has 8 heavy (non-hydrogen) atoms. The lowest BCUT2D eigenvalue weighted by Crippen LogP contribution is -2.25. The molecule has 0 atom stereocenters. The van der Waals surface area contributed by atoms with E-state index in [0.29, 0.717) is 0 Å². The van der Waals surface area contributed by atoms with Gasteiger partial charge in [-0.15, -0.1) is 0 Å². The third-order valence-corrected chi connectivity index (χ3v) is 1.33. The molecular formula is C2H7NO4S. The Bertz CT molecular complexity index is 149. The first kappa shape index (κ1) is 7.83. The van der Waals surface area contributed by atoms with E-state index in [9.17, 15) is 8.42 Å². The minimum atomic E-state index is -4.36. The molecule has 0 aliphatic heterocycles. The van der Waals surface area contributed by atoms with Gasteiger partial charge in [-0.05, 0) is 6.92 Å². The maximum Gasteiger partial charge on any atom is 0.358 e. The van der Waals surface area contributed by atoms with Crippen LogP contribution in [0.25, 0.3) is 0 Å². The van der Waals surface area contributed by atoms with E-state index in [1.54, 1.807) is 0 Å². The summed E-state index contributed by atoms with van der Waals surface area (Å²) in [4.78, 5) is 0. The molecule has 0 bridgehead atoms. The third-order valence-electron chi connectivity index (χ3n) is 0.537. The normalized spacial score (nSPS) is 12.5. The second-order valence-corrected chi connectivity index (χ2v) is 2.43. The van der Waals surface area contributed by atoms with E-state index in [1.165, 1.54) is 6.92 Å². The monoisotopic (exact) mass is 141 g/mol. The van der Waals surface area contributed by atoms with Crippen LogP contribution in [0.15, 0.2) is 0 Å². The van der Waals surface area contributed by atoms with Crippen molar-refractivity contribution in [2.75, 3.05) is 6.54 Å². The summed E-state index contributed by atoms with van der Waals surface area (Å²) in [6.07, 6.45) is 0. The lowest BCUT2D eigenvalue weighted by molar-refractivity contribution is -0.00144. The van der Waals surface area contributed by atoms with Crippen molar-refractivity contribution in [3.8, 4) is 0 Å². The highest BCUT2D eigenvalue weighted by atomic mass is 32.2. The molecule has 0 rings (SSSR count). The Morgan fingerprint density at radius 1 is 1.62 bits per heavy atom. The summed E-state index contributed by atoms with van der Waals surface area (Å²) in [6, 6.07) is 0. The predicted molar refractivity (Wildman–Crippen MR) is 25.7 cm³/mol. The average Bonchev–Trinajstić information content (AvgIpc) is 1.62. The SMILES string of the molecule is CCN(O)S(=O)(=O)O. The van der Waals surface area contributed by atoms with Gasteiger partial charge in [0, 0.05) is 6.54 Å². The van der Waals surface area contributed by atoms with Crippen LogP contribution >= 0.6 is 0 Å². The van der Waals surface area contributed by atoms with Gasteiger partial charge in [0.25, 0.3) is 0 Å². The Kier molecular flexibility index (Phi) is 2.35. The van der Waals surface area contributed by atoms with Gasteiger partial charge in [0.05, 0.1) is 0 Å². The second kappa shape index (κ2) is 2.40. The topological polar surface area (TPSA) is 77.8 Å². The molecule has 0 heterocycles. The molecule has 0 radical (unpaired) electrons. The quantitative estimate of drug-likeness (QED) is 0.401. The Morgan fingerprint density at radius 2 is 2.00 bits per heavy atom. The summed E-state index contributed by atoms with van der Waals surface area (Å²) < 4.78 is 27.4. The van der Waals surface area contributed by atoms with Gasteiger partial charge in [0.15, 0.2) is 0 Å². The van der Waals surface area contributed by atoms with Gasteiger partial charge >= 0.3 is 10.3 Å². The average molecular weight is 141 g/mol. The van der Waals surface area contributed by atoms with Crippen molar-refractivity contribution >= 4 is 10.3 Å². The van der Waals surface area contributed by atoms with Crippen molar-refractivity contribution in [1.29, 1.82) is 0 Å².